The van der Waals surface area contributed by atoms with Crippen LogP contribution in [-0.2, 0) is 17.3 Å². The highest BCUT2D eigenvalue weighted by Crippen LogP contribution is 2.20. The van der Waals surface area contributed by atoms with Gasteiger partial charge in [-0.05, 0) is 25.1 Å². The molecular formula is C13H13ClN2O3S. The van der Waals surface area contributed by atoms with E-state index in [-0.39, 0.29) is 10.6 Å². The second-order valence-electron chi connectivity index (χ2n) is 4.16. The summed E-state index contributed by atoms with van der Waals surface area (Å²) in [6, 6.07) is 4.41. The average Bonchev–Trinajstić information content (AvgIpc) is 2.81. The Bertz CT molecular complexity index is 669. The van der Waals surface area contributed by atoms with Crippen LogP contribution < -0.4 is 0 Å². The summed E-state index contributed by atoms with van der Waals surface area (Å²) in [5.41, 5.74) is -0.0312. The lowest BCUT2D eigenvalue weighted by atomic mass is 10.2. The third-order valence-corrected chi connectivity index (χ3v) is 4.54. The topological polar surface area (TPSA) is 72.2 Å². The Labute approximate surface area is 123 Å². The molecule has 0 radical (unpaired) electrons. The molecule has 0 fully saturated rings. The Kier molecular flexibility index (Phi) is 4.57. The second-order valence-corrected chi connectivity index (χ2v) is 6.14. The van der Waals surface area contributed by atoms with E-state index in [0.29, 0.717) is 17.2 Å². The first-order chi connectivity index (χ1) is 9.49. The summed E-state index contributed by atoms with van der Waals surface area (Å²) in [5.74, 6) is 0.112. The first-order valence-electron chi connectivity index (χ1n) is 5.88. The smallest absolute Gasteiger partial charge is 0.337 e. The van der Waals surface area contributed by atoms with Crippen molar-refractivity contribution < 1.29 is 14.1 Å². The monoisotopic (exact) mass is 312 g/mol. The molecule has 2 rings (SSSR count). The molecule has 1 aromatic heterocycles. The largest absolute Gasteiger partial charge is 0.478 e. The number of imidazole rings is 1. The highest BCUT2D eigenvalue weighted by Gasteiger charge is 2.12. The molecule has 2 aromatic rings. The summed E-state index contributed by atoms with van der Waals surface area (Å²) >= 11 is 5.78. The molecule has 0 bridgehead atoms. The first-order valence-corrected chi connectivity index (χ1v) is 7.57. The van der Waals surface area contributed by atoms with Crippen LogP contribution in [0.5, 0.6) is 0 Å². The van der Waals surface area contributed by atoms with Gasteiger partial charge in [0.15, 0.2) is 0 Å². The Balaban J connectivity index is 2.12. The predicted molar refractivity (Wildman–Crippen MR) is 76.7 cm³/mol. The molecule has 1 atom stereocenters. The molecule has 1 N–H and O–H groups in total. The highest BCUT2D eigenvalue weighted by molar-refractivity contribution is 7.85. The van der Waals surface area contributed by atoms with Gasteiger partial charge in [0.2, 0.25) is 0 Å². The molecule has 5 nitrogen and oxygen atoms in total. The SMILES string of the molecule is Cc1nccn1CCS(=O)c1ccc(Cl)c(C(=O)O)c1. The summed E-state index contributed by atoms with van der Waals surface area (Å²) in [4.78, 5) is 15.5. The number of carboxylic acids is 1. The Morgan fingerprint density at radius 3 is 2.85 bits per heavy atom. The molecule has 0 spiro atoms. The first kappa shape index (κ1) is 14.7. The van der Waals surface area contributed by atoms with Crippen molar-refractivity contribution in [3.63, 3.8) is 0 Å². The van der Waals surface area contributed by atoms with Crippen molar-refractivity contribution in [2.45, 2.75) is 18.4 Å². The molecule has 0 saturated heterocycles. The fourth-order valence-corrected chi connectivity index (χ4v) is 3.01. The van der Waals surface area contributed by atoms with E-state index in [2.05, 4.69) is 4.98 Å². The number of aromatic carboxylic acids is 1. The number of benzene rings is 1. The van der Waals surface area contributed by atoms with Crippen molar-refractivity contribution in [2.75, 3.05) is 5.75 Å². The summed E-state index contributed by atoms with van der Waals surface area (Å²) in [6.07, 6.45) is 3.50. The van der Waals surface area contributed by atoms with Crippen LogP contribution in [0, 0.1) is 6.92 Å². The van der Waals surface area contributed by atoms with Gasteiger partial charge in [-0.15, -0.1) is 0 Å². The van der Waals surface area contributed by atoms with Gasteiger partial charge >= 0.3 is 5.97 Å². The number of carboxylic acid groups (broad SMARTS) is 1. The molecule has 1 aromatic carbocycles. The maximum atomic E-state index is 12.2. The zero-order valence-electron chi connectivity index (χ0n) is 10.7. The van der Waals surface area contributed by atoms with Crippen LogP contribution in [0.1, 0.15) is 16.2 Å². The van der Waals surface area contributed by atoms with Crippen LogP contribution in [0.4, 0.5) is 0 Å². The van der Waals surface area contributed by atoms with Crippen LogP contribution in [0.2, 0.25) is 5.02 Å². The van der Waals surface area contributed by atoms with Crippen LogP contribution in [0.15, 0.2) is 35.5 Å². The lowest BCUT2D eigenvalue weighted by Crippen LogP contribution is -2.09. The molecular weight excluding hydrogens is 300 g/mol. The van der Waals surface area contributed by atoms with Gasteiger partial charge in [-0.25, -0.2) is 9.78 Å². The van der Waals surface area contributed by atoms with E-state index in [1.807, 2.05) is 17.7 Å². The third-order valence-electron chi connectivity index (χ3n) is 2.87. The molecule has 0 aliphatic heterocycles. The van der Waals surface area contributed by atoms with Crippen molar-refractivity contribution in [3.05, 3.63) is 47.0 Å². The van der Waals surface area contributed by atoms with Crippen LogP contribution in [0.3, 0.4) is 0 Å². The molecule has 7 heteroatoms. The highest BCUT2D eigenvalue weighted by atomic mass is 35.5. The van der Waals surface area contributed by atoms with E-state index in [4.69, 9.17) is 16.7 Å². The van der Waals surface area contributed by atoms with Crippen molar-refractivity contribution in [2.24, 2.45) is 0 Å². The summed E-state index contributed by atoms with van der Waals surface area (Å²) in [6.45, 7) is 2.43. The van der Waals surface area contributed by atoms with Crippen molar-refractivity contribution in [3.8, 4) is 0 Å². The van der Waals surface area contributed by atoms with Crippen molar-refractivity contribution in [1.82, 2.24) is 9.55 Å². The molecule has 0 amide bonds. The summed E-state index contributed by atoms with van der Waals surface area (Å²) < 4.78 is 14.1. The minimum atomic E-state index is -1.28. The summed E-state index contributed by atoms with van der Waals surface area (Å²) in [7, 11) is -1.28. The average molecular weight is 313 g/mol. The van der Waals surface area contributed by atoms with Crippen LogP contribution in [-0.4, -0.2) is 30.6 Å². The van der Waals surface area contributed by atoms with Gasteiger partial charge in [-0.1, -0.05) is 11.6 Å². The molecule has 0 aliphatic carbocycles. The fraction of sp³-hybridized carbons (Fsp3) is 0.231. The predicted octanol–water partition coefficient (Wildman–Crippen LogP) is 2.35. The lowest BCUT2D eigenvalue weighted by molar-refractivity contribution is 0.0697. The van der Waals surface area contributed by atoms with Crippen molar-refractivity contribution >= 4 is 28.4 Å². The molecule has 0 saturated carbocycles. The normalized spacial score (nSPS) is 12.3. The van der Waals surface area contributed by atoms with Crippen LogP contribution >= 0.6 is 11.6 Å². The maximum Gasteiger partial charge on any atom is 0.337 e. The number of aryl methyl sites for hydroxylation is 2. The number of hydrogen-bond acceptors (Lipinski definition) is 3. The molecule has 106 valence electrons. The number of halogens is 1. The minimum absolute atomic E-state index is 0.0312. The van der Waals surface area contributed by atoms with E-state index in [1.165, 1.54) is 12.1 Å². The van der Waals surface area contributed by atoms with E-state index in [9.17, 15) is 9.00 Å². The molecule has 1 unspecified atom stereocenters. The lowest BCUT2D eigenvalue weighted by Gasteiger charge is -2.07. The van der Waals surface area contributed by atoms with E-state index in [0.717, 1.165) is 5.82 Å². The molecule has 20 heavy (non-hydrogen) atoms. The molecule has 0 aliphatic rings. The quantitative estimate of drug-likeness (QED) is 0.920. The zero-order chi connectivity index (χ0) is 14.7. The number of rotatable bonds is 5. The van der Waals surface area contributed by atoms with Gasteiger partial charge in [0.05, 0.1) is 21.4 Å². The number of aromatic nitrogens is 2. The standard InChI is InChI=1S/C13H13ClN2O3S/c1-9-15-4-5-16(9)6-7-20(19)10-2-3-12(14)11(8-10)13(17)18/h2-5,8H,6-7H2,1H3,(H,17,18). The van der Waals surface area contributed by atoms with Gasteiger partial charge in [-0.3, -0.25) is 4.21 Å². The second kappa shape index (κ2) is 6.19. The Morgan fingerprint density at radius 2 is 2.25 bits per heavy atom. The van der Waals surface area contributed by atoms with Gasteiger partial charge < -0.3 is 9.67 Å². The Morgan fingerprint density at radius 1 is 1.50 bits per heavy atom. The van der Waals surface area contributed by atoms with Gasteiger partial charge in [0.25, 0.3) is 0 Å². The number of hydrogen-bond donors (Lipinski definition) is 1. The van der Waals surface area contributed by atoms with Gasteiger partial charge in [-0.2, -0.15) is 0 Å². The minimum Gasteiger partial charge on any atom is -0.478 e. The van der Waals surface area contributed by atoms with E-state index >= 15 is 0 Å². The maximum absolute atomic E-state index is 12.2. The summed E-state index contributed by atoms with van der Waals surface area (Å²) in [5, 5.41) is 9.13. The van der Waals surface area contributed by atoms with Crippen LogP contribution in [0.25, 0.3) is 0 Å². The van der Waals surface area contributed by atoms with Gasteiger partial charge in [0, 0.05) is 29.6 Å². The van der Waals surface area contributed by atoms with Crippen molar-refractivity contribution in [1.29, 1.82) is 0 Å². The fourth-order valence-electron chi connectivity index (χ4n) is 1.75. The van der Waals surface area contributed by atoms with E-state index < -0.39 is 16.8 Å². The Hall–Kier alpha value is -1.66. The molecule has 1 heterocycles. The number of carbonyl (C=O) groups is 1. The third kappa shape index (κ3) is 3.26. The van der Waals surface area contributed by atoms with E-state index in [1.54, 1.807) is 12.3 Å². The zero-order valence-corrected chi connectivity index (χ0v) is 12.3. The number of nitrogens with zero attached hydrogens (tertiary/aromatic N) is 2. The van der Waals surface area contributed by atoms with Gasteiger partial charge in [0.1, 0.15) is 5.82 Å².